The molecule has 8 rings (SSSR count). The van der Waals surface area contributed by atoms with Crippen LogP contribution >= 0.6 is 11.8 Å². The number of nitrogens with one attached hydrogen (secondary N) is 6. The van der Waals surface area contributed by atoms with Gasteiger partial charge in [-0.15, -0.1) is 11.8 Å². The van der Waals surface area contributed by atoms with Crippen LogP contribution in [-0.4, -0.2) is 196 Å². The third kappa shape index (κ3) is 13.4. The van der Waals surface area contributed by atoms with E-state index in [9.17, 15) is 42.0 Å². The Bertz CT molecular complexity index is 1990. The van der Waals surface area contributed by atoms with Crippen LogP contribution in [0.1, 0.15) is 83.5 Å². The number of amides is 7. The second-order valence-electron chi connectivity index (χ2n) is 20.4. The molecule has 21 nitrogen and oxygen atoms in total. The molecule has 6 heterocycles. The van der Waals surface area contributed by atoms with E-state index in [1.165, 1.54) is 36.4 Å². The molecule has 6 aliphatic heterocycles. The Hall–Kier alpha value is -3.29. The molecule has 7 amide bonds. The minimum absolute atomic E-state index is 0.0597. The molecule has 0 spiro atoms. The molecule has 11 atom stereocenters. The van der Waals surface area contributed by atoms with E-state index in [2.05, 4.69) is 36.8 Å². The van der Waals surface area contributed by atoms with Gasteiger partial charge in [-0.1, -0.05) is 12.8 Å². The maximum atomic E-state index is 13.2. The van der Waals surface area contributed by atoms with Crippen molar-refractivity contribution >= 4 is 63.1 Å². The lowest BCUT2D eigenvalue weighted by molar-refractivity contribution is -0.151. The first-order valence-corrected chi connectivity index (χ1v) is 28.4. The van der Waals surface area contributed by atoms with Gasteiger partial charge in [-0.3, -0.25) is 54.0 Å². The first-order valence-electron chi connectivity index (χ1n) is 25.5. The number of nitrogens with zero attached hydrogens (tertiary/aromatic N) is 4. The largest absolute Gasteiger partial charge is 0.379 e. The minimum atomic E-state index is -3.34. The Labute approximate surface area is 410 Å². The van der Waals surface area contributed by atoms with Crippen molar-refractivity contribution in [1.82, 2.24) is 50.9 Å². The molecule has 8 aliphatic rings. The summed E-state index contributed by atoms with van der Waals surface area (Å²) in [5.41, 5.74) is -0.208. The number of carbonyl (C=O) groups is 7. The Morgan fingerprint density at radius 1 is 0.812 bits per heavy atom. The third-order valence-electron chi connectivity index (χ3n) is 16.0. The van der Waals surface area contributed by atoms with Gasteiger partial charge in [-0.05, 0) is 82.1 Å². The Balaban J connectivity index is 0.648. The summed E-state index contributed by atoms with van der Waals surface area (Å²) in [6.45, 7) is 6.56. The Kier molecular flexibility index (Phi) is 18.1. The van der Waals surface area contributed by atoms with Crippen molar-refractivity contribution in [2.45, 2.75) is 113 Å². The highest BCUT2D eigenvalue weighted by molar-refractivity contribution is 8.00. The molecule has 0 aromatic carbocycles. The number of fused-ring (bicyclic) bond motifs is 1. The smallest absolute Gasteiger partial charge is 0.249 e. The van der Waals surface area contributed by atoms with Gasteiger partial charge in [0.05, 0.1) is 69.6 Å². The maximum absolute atomic E-state index is 13.2. The Morgan fingerprint density at radius 3 is 2.33 bits per heavy atom. The quantitative estimate of drug-likeness (QED) is 0.0652. The van der Waals surface area contributed by atoms with Gasteiger partial charge in [0.25, 0.3) is 0 Å². The van der Waals surface area contributed by atoms with Crippen molar-refractivity contribution in [3.8, 4) is 0 Å². The van der Waals surface area contributed by atoms with Gasteiger partial charge in [0, 0.05) is 70.1 Å². The lowest BCUT2D eigenvalue weighted by atomic mass is 9.70. The summed E-state index contributed by atoms with van der Waals surface area (Å²) < 4.78 is 36.4. The van der Waals surface area contributed by atoms with Crippen molar-refractivity contribution in [1.29, 1.82) is 0 Å². The number of thioether (sulfide) groups is 1. The molecule has 0 bridgehead atoms. The highest BCUT2D eigenvalue weighted by Gasteiger charge is 2.54. The van der Waals surface area contributed by atoms with Crippen molar-refractivity contribution in [2.75, 3.05) is 97.3 Å². The molecule has 8 fully saturated rings. The van der Waals surface area contributed by atoms with E-state index in [0.29, 0.717) is 108 Å². The standard InChI is InChI=1S/C46H74N10O11S2/c1-69(64,65)55-14-10-32(27-55)42(60)49-26-40(58)52-46-50-36(28-68-46)31-4-2-3-29(23-31)30-9-12-48-38(24-30)53-15-17-54(18-16-53)41(59)11-19-66-21-22-67-20-13-47-33-5-6-34-35(25-33)45(63)56(44(34)62)37-7-8-39(57)51-43(37)61/h29-38,46-48,50H,2-28H2,1H3,(H,49,60)(H,52,58)(H,51,57,61). The lowest BCUT2D eigenvalue weighted by Gasteiger charge is -2.45. The number of imide groups is 2. The van der Waals surface area contributed by atoms with Gasteiger partial charge in [0.2, 0.25) is 51.4 Å². The van der Waals surface area contributed by atoms with E-state index in [0.717, 1.165) is 49.4 Å². The Morgan fingerprint density at radius 2 is 1.57 bits per heavy atom. The highest BCUT2D eigenvalue weighted by Crippen LogP contribution is 2.42. The zero-order valence-corrected chi connectivity index (χ0v) is 41.7. The van der Waals surface area contributed by atoms with Crippen molar-refractivity contribution in [3.63, 3.8) is 0 Å². The molecule has 6 saturated heterocycles. The summed E-state index contributed by atoms with van der Waals surface area (Å²) in [6, 6.07) is -0.529. The van der Waals surface area contributed by atoms with Crippen LogP contribution in [0.25, 0.3) is 0 Å². The predicted molar refractivity (Wildman–Crippen MR) is 254 cm³/mol. The molecular formula is C46H74N10O11S2. The molecule has 69 heavy (non-hydrogen) atoms. The van der Waals surface area contributed by atoms with Crippen LogP contribution in [0.5, 0.6) is 0 Å². The van der Waals surface area contributed by atoms with E-state index < -0.39 is 39.7 Å². The number of hydrogen-bond donors (Lipinski definition) is 6. The summed E-state index contributed by atoms with van der Waals surface area (Å²) in [7, 11) is -3.34. The predicted octanol–water partition coefficient (Wildman–Crippen LogP) is -1.26. The molecule has 6 N–H and O–H groups in total. The van der Waals surface area contributed by atoms with Crippen LogP contribution in [-0.2, 0) is 53.1 Å². The summed E-state index contributed by atoms with van der Waals surface area (Å²) >= 11 is 1.70. The molecule has 2 aliphatic carbocycles. The minimum Gasteiger partial charge on any atom is -0.379 e. The number of sulfonamides is 1. The number of hydrogen-bond acceptors (Lipinski definition) is 16. The number of rotatable bonds is 19. The average Bonchev–Trinajstić information content (AvgIpc) is 4.10. The average molecular weight is 1010 g/mol. The van der Waals surface area contributed by atoms with Gasteiger partial charge >= 0.3 is 0 Å². The van der Waals surface area contributed by atoms with Crippen molar-refractivity contribution in [3.05, 3.63) is 0 Å². The van der Waals surface area contributed by atoms with Crippen molar-refractivity contribution in [2.24, 2.45) is 35.5 Å². The highest BCUT2D eigenvalue weighted by atomic mass is 32.2. The number of piperazine rings is 1. The second-order valence-corrected chi connectivity index (χ2v) is 23.5. The summed E-state index contributed by atoms with van der Waals surface area (Å²) in [4.78, 5) is 94.3. The van der Waals surface area contributed by atoms with E-state index in [-0.39, 0.29) is 72.9 Å². The first kappa shape index (κ1) is 52.0. The van der Waals surface area contributed by atoms with E-state index in [1.54, 1.807) is 11.8 Å². The fourth-order valence-corrected chi connectivity index (χ4v) is 14.3. The lowest BCUT2D eigenvalue weighted by Crippen LogP contribution is -2.58. The van der Waals surface area contributed by atoms with Gasteiger partial charge in [0.15, 0.2) is 0 Å². The number of carbonyl (C=O) groups excluding carboxylic acids is 7. The van der Waals surface area contributed by atoms with Gasteiger partial charge < -0.3 is 35.6 Å². The second kappa shape index (κ2) is 24.0. The number of ether oxygens (including phenoxy) is 2. The topological polar surface area (TPSA) is 257 Å². The molecule has 2 saturated carbocycles. The number of likely N-dealkylation sites (tertiary alicyclic amines) is 1. The normalized spacial score (nSPS) is 33.9. The zero-order valence-electron chi connectivity index (χ0n) is 40.0. The van der Waals surface area contributed by atoms with E-state index >= 15 is 0 Å². The summed E-state index contributed by atoms with van der Waals surface area (Å²) in [5.74, 6) is -0.546. The molecule has 0 radical (unpaired) electrons. The van der Waals surface area contributed by atoms with Crippen LogP contribution in [0.3, 0.4) is 0 Å². The van der Waals surface area contributed by atoms with E-state index in [4.69, 9.17) is 9.47 Å². The molecule has 23 heteroatoms. The molecular weight excluding hydrogens is 933 g/mol. The molecule has 386 valence electrons. The van der Waals surface area contributed by atoms with Gasteiger partial charge in [-0.25, -0.2) is 12.7 Å². The van der Waals surface area contributed by atoms with Crippen molar-refractivity contribution < 1.29 is 51.5 Å². The summed E-state index contributed by atoms with van der Waals surface area (Å²) in [5, 5.41) is 18.8. The fraction of sp³-hybridized carbons (Fsp3) is 0.848. The fourth-order valence-electron chi connectivity index (χ4n) is 12.2. The third-order valence-corrected chi connectivity index (χ3v) is 18.4. The first-order chi connectivity index (χ1) is 33.2. The van der Waals surface area contributed by atoms with Crippen LogP contribution in [0, 0.1) is 35.5 Å². The van der Waals surface area contributed by atoms with Crippen LogP contribution < -0.4 is 31.9 Å². The van der Waals surface area contributed by atoms with Gasteiger partial charge in [0.1, 0.15) is 11.5 Å². The molecule has 11 unspecified atom stereocenters. The summed E-state index contributed by atoms with van der Waals surface area (Å²) in [6.07, 6.45) is 11.4. The molecule has 0 aromatic rings. The van der Waals surface area contributed by atoms with Crippen LogP contribution in [0.15, 0.2) is 0 Å². The zero-order chi connectivity index (χ0) is 48.7. The molecule has 0 aromatic heterocycles. The monoisotopic (exact) mass is 1010 g/mol. The maximum Gasteiger partial charge on any atom is 0.249 e. The number of piperidine rings is 2. The van der Waals surface area contributed by atoms with Crippen LogP contribution in [0.2, 0.25) is 0 Å². The van der Waals surface area contributed by atoms with Gasteiger partial charge in [-0.2, -0.15) is 0 Å². The SMILES string of the molecule is CS(=O)(=O)N1CCC(C(=O)NCC(=O)NC2NC(C3CCCC(C4CCNC(N5CCN(C(=O)CCOCCOCCNC6CCC7C(=O)N(C8CCC(=O)NC8=O)C(=O)C7C6)CC5)C4)C3)CS2)C1. The van der Waals surface area contributed by atoms with Crippen LogP contribution in [0.4, 0.5) is 0 Å². The van der Waals surface area contributed by atoms with E-state index in [1.807, 2.05) is 4.90 Å².